The summed E-state index contributed by atoms with van der Waals surface area (Å²) in [6, 6.07) is 3.68. The molecule has 0 saturated carbocycles. The summed E-state index contributed by atoms with van der Waals surface area (Å²) in [6.45, 7) is 7.43. The molecular weight excluding hydrogens is 319 g/mol. The van der Waals surface area contributed by atoms with Crippen LogP contribution in [-0.4, -0.2) is 59.2 Å². The minimum Gasteiger partial charge on any atom is -0.282 e. The van der Waals surface area contributed by atoms with Crippen LogP contribution in [0.25, 0.3) is 0 Å². The molecule has 0 N–H and O–H groups in total. The van der Waals surface area contributed by atoms with Crippen molar-refractivity contribution < 1.29 is 4.48 Å². The lowest BCUT2D eigenvalue weighted by atomic mass is 10.1. The fourth-order valence-electron chi connectivity index (χ4n) is 3.85. The van der Waals surface area contributed by atoms with Crippen molar-refractivity contribution in [2.75, 3.05) is 40.0 Å². The van der Waals surface area contributed by atoms with Gasteiger partial charge in [-0.3, -0.25) is 4.48 Å². The van der Waals surface area contributed by atoms with Crippen molar-refractivity contribution in [3.8, 4) is 0 Å². The average molecular weight is 335 g/mol. The van der Waals surface area contributed by atoms with Gasteiger partial charge in [0.25, 0.3) is 0 Å². The monoisotopic (exact) mass is 333 g/mol. The van der Waals surface area contributed by atoms with Gasteiger partial charge in [-0.15, -0.1) is 0 Å². The van der Waals surface area contributed by atoms with Gasteiger partial charge in [0.1, 0.15) is 26.6 Å². The van der Waals surface area contributed by atoms with Crippen molar-refractivity contribution in [3.63, 3.8) is 0 Å². The zero-order valence-corrected chi connectivity index (χ0v) is 13.3. The first-order valence-electron chi connectivity index (χ1n) is 6.69. The van der Waals surface area contributed by atoms with Crippen molar-refractivity contribution >= 4 is 34.8 Å². The second kappa shape index (κ2) is 4.71. The second-order valence-electron chi connectivity index (χ2n) is 6.22. The lowest BCUT2D eigenvalue weighted by Gasteiger charge is -2.60. The summed E-state index contributed by atoms with van der Waals surface area (Å²) in [7, 11) is 0. The van der Waals surface area contributed by atoms with Crippen LogP contribution in [0.3, 0.4) is 0 Å². The van der Waals surface area contributed by atoms with Crippen LogP contribution in [0.15, 0.2) is 12.1 Å². The summed E-state index contributed by atoms with van der Waals surface area (Å²) in [5.41, 5.74) is 1.09. The fraction of sp³-hybridized carbons (Fsp3) is 0.538. The van der Waals surface area contributed by atoms with E-state index in [-0.39, 0.29) is 0 Å². The molecule has 4 fully saturated rings. The maximum atomic E-state index is 6.35. The lowest BCUT2D eigenvalue weighted by Crippen LogP contribution is -2.78. The summed E-state index contributed by atoms with van der Waals surface area (Å²) >= 11 is 18.5. The molecule has 1 aromatic rings. The van der Waals surface area contributed by atoms with Gasteiger partial charge in [-0.25, -0.2) is 14.7 Å². The third-order valence-electron chi connectivity index (χ3n) is 4.30. The number of halogens is 3. The van der Waals surface area contributed by atoms with E-state index in [9.17, 15) is 0 Å². The summed E-state index contributed by atoms with van der Waals surface area (Å²) in [6.07, 6.45) is 0. The highest BCUT2D eigenvalue weighted by Gasteiger charge is 2.48. The number of rotatable bonds is 2. The van der Waals surface area contributed by atoms with E-state index < -0.39 is 0 Å². The molecule has 4 heterocycles. The molecule has 0 aliphatic carbocycles. The maximum absolute atomic E-state index is 6.35. The van der Waals surface area contributed by atoms with Gasteiger partial charge < -0.3 is 0 Å². The summed E-state index contributed by atoms with van der Waals surface area (Å²) < 4.78 is 1.01. The van der Waals surface area contributed by atoms with Gasteiger partial charge in [0.15, 0.2) is 0 Å². The van der Waals surface area contributed by atoms with Gasteiger partial charge in [-0.1, -0.05) is 34.8 Å². The predicted molar refractivity (Wildman–Crippen MR) is 80.2 cm³/mol. The number of quaternary nitrogens is 1. The van der Waals surface area contributed by atoms with Crippen LogP contribution in [0, 0.1) is 0 Å². The topological polar surface area (TPSA) is 9.72 Å². The molecule has 1 aromatic carbocycles. The van der Waals surface area contributed by atoms with Crippen LogP contribution in [0.2, 0.25) is 15.1 Å². The molecule has 20 heavy (non-hydrogen) atoms. The van der Waals surface area contributed by atoms with E-state index in [2.05, 4.69) is 14.7 Å². The first-order valence-corrected chi connectivity index (χ1v) is 7.82. The summed E-state index contributed by atoms with van der Waals surface area (Å²) in [4.78, 5) is 7.46. The van der Waals surface area contributed by atoms with Crippen LogP contribution < -0.4 is 0 Å². The predicted octanol–water partition coefficient (Wildman–Crippen LogP) is 2.66. The van der Waals surface area contributed by atoms with Gasteiger partial charge in [0.05, 0.1) is 35.1 Å². The normalized spacial score (nSPS) is 38.5. The standard InChI is InChI=1S/C13H16Cl3N4/c14-11-2-13(16)12(15)1-10(11)3-20-7-17-4-18(8-20)6-19(5-17)9-20/h1-2H,3-9H2/q+1. The van der Waals surface area contributed by atoms with Crippen LogP contribution in [0.5, 0.6) is 0 Å². The van der Waals surface area contributed by atoms with Gasteiger partial charge in [0.2, 0.25) is 0 Å². The Labute approximate surface area is 133 Å². The molecule has 4 saturated heterocycles. The van der Waals surface area contributed by atoms with Crippen molar-refractivity contribution in [1.29, 1.82) is 0 Å². The third kappa shape index (κ3) is 2.24. The molecule has 0 atom stereocenters. The lowest BCUT2D eigenvalue weighted by molar-refractivity contribution is -0.991. The molecule has 4 bridgehead atoms. The Kier molecular flexibility index (Phi) is 3.20. The molecule has 7 heteroatoms. The third-order valence-corrected chi connectivity index (χ3v) is 5.37. The molecule has 4 aliphatic rings. The van der Waals surface area contributed by atoms with Crippen molar-refractivity contribution in [3.05, 3.63) is 32.8 Å². The van der Waals surface area contributed by atoms with E-state index >= 15 is 0 Å². The van der Waals surface area contributed by atoms with E-state index in [1.54, 1.807) is 6.07 Å². The molecule has 0 radical (unpaired) electrons. The van der Waals surface area contributed by atoms with Gasteiger partial charge >= 0.3 is 0 Å². The molecule has 0 aromatic heterocycles. The van der Waals surface area contributed by atoms with E-state index in [0.29, 0.717) is 15.1 Å². The van der Waals surface area contributed by atoms with E-state index in [1.165, 1.54) is 0 Å². The summed E-state index contributed by atoms with van der Waals surface area (Å²) in [5, 5.41) is 1.82. The zero-order valence-electron chi connectivity index (χ0n) is 11.0. The average Bonchev–Trinajstić information content (AvgIpc) is 2.34. The largest absolute Gasteiger partial charge is 0.282 e. The number of hydrogen-bond donors (Lipinski definition) is 0. The van der Waals surface area contributed by atoms with E-state index in [4.69, 9.17) is 34.8 Å². The molecule has 5 rings (SSSR count). The molecule has 0 spiro atoms. The highest BCUT2D eigenvalue weighted by Crippen LogP contribution is 2.35. The van der Waals surface area contributed by atoms with Crippen molar-refractivity contribution in [1.82, 2.24) is 14.7 Å². The number of nitrogens with zero attached hydrogens (tertiary/aromatic N) is 4. The molecule has 4 aliphatic heterocycles. The number of hydrogen-bond acceptors (Lipinski definition) is 3. The van der Waals surface area contributed by atoms with Crippen LogP contribution in [-0.2, 0) is 6.54 Å². The Bertz CT molecular complexity index is 528. The molecule has 108 valence electrons. The Morgan fingerprint density at radius 1 is 0.800 bits per heavy atom. The van der Waals surface area contributed by atoms with Crippen molar-refractivity contribution in [2.24, 2.45) is 0 Å². The van der Waals surface area contributed by atoms with Gasteiger partial charge in [0, 0.05) is 5.56 Å². The molecular formula is C13H16Cl3N4+. The maximum Gasteiger partial charge on any atom is 0.139 e. The van der Waals surface area contributed by atoms with Crippen molar-refractivity contribution in [2.45, 2.75) is 6.54 Å². The second-order valence-corrected chi connectivity index (χ2v) is 7.44. The molecule has 0 unspecified atom stereocenters. The first kappa shape index (κ1) is 13.6. The summed E-state index contributed by atoms with van der Waals surface area (Å²) in [5.74, 6) is 0. The van der Waals surface area contributed by atoms with Crippen LogP contribution in [0.4, 0.5) is 0 Å². The minimum atomic E-state index is 0.523. The fourth-order valence-corrected chi connectivity index (χ4v) is 4.48. The Balaban J connectivity index is 1.64. The molecule has 4 nitrogen and oxygen atoms in total. The Hall–Kier alpha value is -0.0700. The number of benzene rings is 1. The highest BCUT2D eigenvalue weighted by molar-refractivity contribution is 6.43. The van der Waals surface area contributed by atoms with E-state index in [1.807, 2.05) is 6.07 Å². The van der Waals surface area contributed by atoms with Crippen LogP contribution >= 0.6 is 34.8 Å². The highest BCUT2D eigenvalue weighted by atomic mass is 35.5. The quantitative estimate of drug-likeness (QED) is 0.608. The van der Waals surface area contributed by atoms with E-state index in [0.717, 1.165) is 56.6 Å². The van der Waals surface area contributed by atoms with Crippen LogP contribution in [0.1, 0.15) is 5.56 Å². The SMILES string of the molecule is Clc1cc(Cl)c(C[N+]23CN4CN(CN(C4)C2)C3)cc1Cl. The Morgan fingerprint density at radius 3 is 1.85 bits per heavy atom. The van der Waals surface area contributed by atoms with Gasteiger partial charge in [-0.2, -0.15) is 0 Å². The minimum absolute atomic E-state index is 0.523. The van der Waals surface area contributed by atoms with Gasteiger partial charge in [-0.05, 0) is 12.1 Å². The first-order chi connectivity index (χ1) is 9.53. The zero-order chi connectivity index (χ0) is 13.9. The molecule has 0 amide bonds. The Morgan fingerprint density at radius 2 is 1.30 bits per heavy atom. The smallest absolute Gasteiger partial charge is 0.139 e.